The van der Waals surface area contributed by atoms with Gasteiger partial charge in [-0.1, -0.05) is 211 Å². The van der Waals surface area contributed by atoms with Gasteiger partial charge < -0.3 is 9.80 Å². The monoisotopic (exact) mass is 764 g/mol. The van der Waals surface area contributed by atoms with E-state index in [2.05, 4.69) is 241 Å². The first-order chi connectivity index (χ1) is 29.7. The standard InChI is InChI=1S/C56H42B2N2/c1-59-52-35-16-12-31-48(52)58(49-32-13-17-36-53(49)59)56-45(41-23-6-3-7-24-41)28-20-29-46(56)43-26-9-8-25-42(43)39-60-54-37-18-14-33-50(54)57(51-34-15-19-38-55(51)60)47-30-11-10-27-44(47)40-21-4-2-5-22-40/h2-38H,39H2,1H3. The van der Waals surface area contributed by atoms with Crippen molar-refractivity contribution >= 4 is 69.0 Å². The fourth-order valence-corrected chi connectivity index (χ4v) is 10.1. The van der Waals surface area contributed by atoms with Crippen LogP contribution in [0.15, 0.2) is 224 Å². The van der Waals surface area contributed by atoms with Gasteiger partial charge in [0.2, 0.25) is 13.4 Å². The van der Waals surface area contributed by atoms with Crippen LogP contribution in [0.3, 0.4) is 0 Å². The van der Waals surface area contributed by atoms with E-state index >= 15 is 0 Å². The zero-order valence-electron chi connectivity index (χ0n) is 33.6. The molecule has 282 valence electrons. The second kappa shape index (κ2) is 15.1. The number of hydrogen-bond acceptors (Lipinski definition) is 2. The summed E-state index contributed by atoms with van der Waals surface area (Å²) in [6.07, 6.45) is 0. The van der Waals surface area contributed by atoms with Crippen LogP contribution >= 0.6 is 0 Å². The first kappa shape index (κ1) is 35.8. The number of nitrogens with zero attached hydrogens (tertiary/aromatic N) is 2. The molecule has 2 aliphatic heterocycles. The van der Waals surface area contributed by atoms with Gasteiger partial charge in [0.1, 0.15) is 0 Å². The van der Waals surface area contributed by atoms with Crippen LogP contribution in [0.5, 0.6) is 0 Å². The van der Waals surface area contributed by atoms with Crippen LogP contribution in [0.1, 0.15) is 5.56 Å². The lowest BCUT2D eigenvalue weighted by Crippen LogP contribution is -2.58. The third-order valence-corrected chi connectivity index (χ3v) is 12.8. The summed E-state index contributed by atoms with van der Waals surface area (Å²) < 4.78 is 0. The molecule has 0 bridgehead atoms. The normalized spacial score (nSPS) is 12.7. The Morgan fingerprint density at radius 2 is 0.717 bits per heavy atom. The minimum atomic E-state index is 0.0231. The molecule has 0 aliphatic carbocycles. The van der Waals surface area contributed by atoms with E-state index in [-0.39, 0.29) is 13.4 Å². The quantitative estimate of drug-likeness (QED) is 0.149. The van der Waals surface area contributed by atoms with Gasteiger partial charge in [-0.05, 0) is 85.1 Å². The molecule has 2 heterocycles. The zero-order valence-corrected chi connectivity index (χ0v) is 33.6. The first-order valence-electron chi connectivity index (χ1n) is 21.0. The number of benzene rings is 9. The minimum absolute atomic E-state index is 0.0231. The Labute approximate surface area is 354 Å². The highest BCUT2D eigenvalue weighted by Crippen LogP contribution is 2.36. The third-order valence-electron chi connectivity index (χ3n) is 12.8. The molecule has 0 spiro atoms. The van der Waals surface area contributed by atoms with Gasteiger partial charge >= 0.3 is 0 Å². The van der Waals surface area contributed by atoms with Crippen LogP contribution in [0.2, 0.25) is 0 Å². The van der Waals surface area contributed by atoms with Crippen molar-refractivity contribution in [2.75, 3.05) is 16.8 Å². The fourth-order valence-electron chi connectivity index (χ4n) is 10.1. The SMILES string of the molecule is CN1c2ccccc2B(c2c(-c3ccccc3)cccc2-c2ccccc2CN2c3ccccc3B(c3ccccc3-c3ccccc3)c3ccccc32)c2ccccc21. The molecule has 4 heteroatoms. The zero-order chi connectivity index (χ0) is 40.0. The van der Waals surface area contributed by atoms with Crippen LogP contribution in [-0.2, 0) is 6.54 Å². The molecule has 0 aromatic heterocycles. The molecule has 2 aliphatic rings. The van der Waals surface area contributed by atoms with Crippen LogP contribution in [0.4, 0.5) is 22.7 Å². The molecule has 0 atom stereocenters. The van der Waals surface area contributed by atoms with Crippen LogP contribution in [0, 0.1) is 0 Å². The van der Waals surface area contributed by atoms with Gasteiger partial charge in [0.05, 0.1) is 0 Å². The van der Waals surface area contributed by atoms with Crippen molar-refractivity contribution in [1.82, 2.24) is 0 Å². The van der Waals surface area contributed by atoms with Gasteiger partial charge in [-0.15, -0.1) is 0 Å². The van der Waals surface area contributed by atoms with E-state index in [4.69, 9.17) is 0 Å². The maximum atomic E-state index is 2.56. The molecule has 2 nitrogen and oxygen atoms in total. The van der Waals surface area contributed by atoms with Crippen molar-refractivity contribution in [2.45, 2.75) is 6.54 Å². The second-order valence-corrected chi connectivity index (χ2v) is 16.0. The Bertz CT molecular complexity index is 2920. The van der Waals surface area contributed by atoms with E-state index in [0.29, 0.717) is 6.54 Å². The molecule has 60 heavy (non-hydrogen) atoms. The van der Waals surface area contributed by atoms with E-state index in [0.717, 1.165) is 0 Å². The molecular weight excluding hydrogens is 722 g/mol. The van der Waals surface area contributed by atoms with E-state index in [1.807, 2.05) is 0 Å². The molecule has 0 saturated carbocycles. The lowest BCUT2D eigenvalue weighted by Gasteiger charge is -2.38. The summed E-state index contributed by atoms with van der Waals surface area (Å²) >= 11 is 0. The maximum absolute atomic E-state index is 2.56. The summed E-state index contributed by atoms with van der Waals surface area (Å²) in [7, 11) is 2.20. The topological polar surface area (TPSA) is 6.48 Å². The Hall–Kier alpha value is -7.29. The highest BCUT2D eigenvalue weighted by atomic mass is 15.1. The smallest absolute Gasteiger partial charge is 0.248 e. The molecule has 0 amide bonds. The van der Waals surface area contributed by atoms with Gasteiger partial charge in [-0.2, -0.15) is 0 Å². The fraction of sp³-hybridized carbons (Fsp3) is 0.0357. The highest BCUT2D eigenvalue weighted by molar-refractivity contribution is 6.99. The first-order valence-corrected chi connectivity index (χ1v) is 21.0. The average molecular weight is 765 g/mol. The van der Waals surface area contributed by atoms with E-state index in [1.165, 1.54) is 94.5 Å². The molecule has 0 radical (unpaired) electrons. The molecular formula is C56H42B2N2. The largest absolute Gasteiger partial charge is 0.345 e. The maximum Gasteiger partial charge on any atom is 0.248 e. The predicted molar refractivity (Wildman–Crippen MR) is 258 cm³/mol. The lowest BCUT2D eigenvalue weighted by molar-refractivity contribution is 0.981. The number of rotatable bonds is 7. The van der Waals surface area contributed by atoms with Crippen molar-refractivity contribution in [3.63, 3.8) is 0 Å². The Kier molecular flexibility index (Phi) is 9.04. The van der Waals surface area contributed by atoms with E-state index in [1.54, 1.807) is 0 Å². The van der Waals surface area contributed by atoms with Crippen molar-refractivity contribution in [3.8, 4) is 33.4 Å². The summed E-state index contributed by atoms with van der Waals surface area (Å²) in [5, 5.41) is 0. The second-order valence-electron chi connectivity index (χ2n) is 16.0. The van der Waals surface area contributed by atoms with Crippen LogP contribution in [-0.4, -0.2) is 20.5 Å². The van der Waals surface area contributed by atoms with Crippen molar-refractivity contribution in [3.05, 3.63) is 230 Å². The lowest BCUT2D eigenvalue weighted by atomic mass is 9.33. The number of para-hydroxylation sites is 4. The average Bonchev–Trinajstić information content (AvgIpc) is 3.32. The molecule has 0 unspecified atom stereocenters. The summed E-state index contributed by atoms with van der Waals surface area (Å²) in [6.45, 7) is 0.821. The van der Waals surface area contributed by atoms with E-state index in [9.17, 15) is 0 Å². The summed E-state index contributed by atoms with van der Waals surface area (Å²) in [6, 6.07) is 82.8. The van der Waals surface area contributed by atoms with Crippen LogP contribution in [0.25, 0.3) is 33.4 Å². The third kappa shape index (κ3) is 5.98. The number of hydrogen-bond donors (Lipinski definition) is 0. The molecule has 11 rings (SSSR count). The van der Waals surface area contributed by atoms with Crippen molar-refractivity contribution in [1.29, 1.82) is 0 Å². The van der Waals surface area contributed by atoms with E-state index < -0.39 is 0 Å². The highest BCUT2D eigenvalue weighted by Gasteiger charge is 2.38. The van der Waals surface area contributed by atoms with Gasteiger partial charge in [-0.3, -0.25) is 0 Å². The van der Waals surface area contributed by atoms with Crippen molar-refractivity contribution < 1.29 is 0 Å². The van der Waals surface area contributed by atoms with Gasteiger partial charge in [0, 0.05) is 36.3 Å². The summed E-state index contributed by atoms with van der Waals surface area (Å²) in [5.41, 5.74) is 21.7. The molecule has 0 N–H and O–H groups in total. The predicted octanol–water partition coefficient (Wildman–Crippen LogP) is 9.45. The Morgan fingerprint density at radius 3 is 1.30 bits per heavy atom. The van der Waals surface area contributed by atoms with Gasteiger partial charge in [-0.25, -0.2) is 0 Å². The number of fused-ring (bicyclic) bond motifs is 4. The molecule has 0 fully saturated rings. The minimum Gasteiger partial charge on any atom is -0.345 e. The van der Waals surface area contributed by atoms with Crippen LogP contribution < -0.4 is 42.6 Å². The van der Waals surface area contributed by atoms with Gasteiger partial charge in [0.25, 0.3) is 0 Å². The Balaban J connectivity index is 1.09. The molecule has 9 aromatic rings. The summed E-state index contributed by atoms with van der Waals surface area (Å²) in [5.74, 6) is 0. The summed E-state index contributed by atoms with van der Waals surface area (Å²) in [4.78, 5) is 4.92. The molecule has 0 saturated heterocycles. The van der Waals surface area contributed by atoms with Gasteiger partial charge in [0.15, 0.2) is 0 Å². The Morgan fingerprint density at radius 1 is 0.317 bits per heavy atom. The number of anilines is 4. The molecule has 9 aromatic carbocycles. The van der Waals surface area contributed by atoms with Crippen molar-refractivity contribution in [2.24, 2.45) is 0 Å².